The number of carbonyl (C=O) groups is 1. The third-order valence-corrected chi connectivity index (χ3v) is 7.54. The number of anilines is 3. The Balaban J connectivity index is 0.00000242. The zero-order chi connectivity index (χ0) is 28.6. The quantitative estimate of drug-likeness (QED) is 0.335. The van der Waals surface area contributed by atoms with Crippen LogP contribution in [0, 0.1) is 29.2 Å². The highest BCUT2D eigenvalue weighted by Gasteiger charge is 2.29. The molecular formula is C29H33Cl2F4N5O2. The molecule has 0 aliphatic carbocycles. The Morgan fingerprint density at radius 1 is 1.00 bits per heavy atom. The molecule has 0 unspecified atom stereocenters. The zero-order valence-corrected chi connectivity index (χ0v) is 24.7. The van der Waals surface area contributed by atoms with Crippen molar-refractivity contribution in [3.05, 3.63) is 71.6 Å². The Morgan fingerprint density at radius 3 is 2.36 bits per heavy atom. The lowest BCUT2D eigenvalue weighted by atomic mass is 9.96. The summed E-state index contributed by atoms with van der Waals surface area (Å²) < 4.78 is 66.3. The predicted octanol–water partition coefficient (Wildman–Crippen LogP) is 5.80. The van der Waals surface area contributed by atoms with E-state index in [1.54, 1.807) is 24.3 Å². The molecule has 3 N–H and O–H groups in total. The molecule has 42 heavy (non-hydrogen) atoms. The average molecular weight is 631 g/mol. The van der Waals surface area contributed by atoms with Gasteiger partial charge in [0, 0.05) is 51.2 Å². The minimum Gasteiger partial charge on any atom is -0.380 e. The fourth-order valence-corrected chi connectivity index (χ4v) is 5.64. The van der Waals surface area contributed by atoms with Crippen molar-refractivity contribution < 1.29 is 27.1 Å². The van der Waals surface area contributed by atoms with Crippen LogP contribution in [0.15, 0.2) is 42.7 Å². The number of benzene rings is 2. The van der Waals surface area contributed by atoms with Crippen molar-refractivity contribution in [3.63, 3.8) is 0 Å². The number of aromatic nitrogens is 1. The molecule has 3 atom stereocenters. The highest BCUT2D eigenvalue weighted by molar-refractivity contribution is 6.06. The maximum atomic E-state index is 15.7. The Hall–Kier alpha value is -3.12. The van der Waals surface area contributed by atoms with E-state index in [1.165, 1.54) is 6.20 Å². The molecule has 1 aromatic heterocycles. The molecule has 0 radical (unpaired) electrons. The standard InChI is InChI=1S/C29H31F4N5O2.2ClH/c1-16-9-17(34)14-38(13-16)25-5-7-35-12-24(25)36-29(39)20-3-4-21(30)27(28(20)33)26-22(31)10-18(11-23(26)32)37-8-6-19(15-37)40-2;;/h3-5,7,10-12,16-17,19H,6,8-9,13-15,34H2,1-2H3,(H,36,39);2*1H/t16-,17+,19+;;/m1../s1. The molecule has 0 bridgehead atoms. The number of nitrogens with one attached hydrogen (secondary N) is 1. The maximum Gasteiger partial charge on any atom is 0.258 e. The van der Waals surface area contributed by atoms with E-state index in [-0.39, 0.29) is 42.6 Å². The predicted molar refractivity (Wildman–Crippen MR) is 160 cm³/mol. The summed E-state index contributed by atoms with van der Waals surface area (Å²) in [6, 6.07) is 5.49. The Bertz CT molecular complexity index is 1400. The van der Waals surface area contributed by atoms with Gasteiger partial charge in [-0.05, 0) is 49.1 Å². The van der Waals surface area contributed by atoms with Gasteiger partial charge in [0.1, 0.15) is 23.3 Å². The molecule has 2 aromatic carbocycles. The van der Waals surface area contributed by atoms with E-state index >= 15 is 13.2 Å². The van der Waals surface area contributed by atoms with Crippen LogP contribution in [0.25, 0.3) is 11.1 Å². The van der Waals surface area contributed by atoms with Crippen molar-refractivity contribution in [2.24, 2.45) is 11.7 Å². The van der Waals surface area contributed by atoms with Crippen molar-refractivity contribution >= 4 is 47.8 Å². The molecule has 0 spiro atoms. The maximum absolute atomic E-state index is 15.7. The number of hydrogen-bond donors (Lipinski definition) is 2. The first kappa shape index (κ1) is 33.4. The summed E-state index contributed by atoms with van der Waals surface area (Å²) in [5.41, 5.74) is 4.98. The van der Waals surface area contributed by atoms with Crippen LogP contribution in [0.5, 0.6) is 0 Å². The van der Waals surface area contributed by atoms with E-state index in [0.717, 1.165) is 30.7 Å². The fourth-order valence-electron chi connectivity index (χ4n) is 5.64. The summed E-state index contributed by atoms with van der Waals surface area (Å²) in [7, 11) is 1.56. The number of methoxy groups -OCH3 is 1. The summed E-state index contributed by atoms with van der Waals surface area (Å²) in [4.78, 5) is 21.0. The third kappa shape index (κ3) is 6.75. The molecule has 2 fully saturated rings. The zero-order valence-electron chi connectivity index (χ0n) is 23.1. The van der Waals surface area contributed by atoms with Gasteiger partial charge in [0.15, 0.2) is 0 Å². The molecule has 3 heterocycles. The van der Waals surface area contributed by atoms with Gasteiger partial charge in [-0.2, -0.15) is 0 Å². The molecule has 0 saturated carbocycles. The second kappa shape index (κ2) is 13.9. The minimum absolute atomic E-state index is 0. The SMILES string of the molecule is CO[C@H]1CCN(c2cc(F)c(-c3c(F)ccc(C(=O)Nc4cnccc4N4C[C@H](C)C[C@H](N)C4)c3F)c(F)c2)C1.Cl.Cl. The number of carbonyl (C=O) groups excluding carboxylic acids is 1. The van der Waals surface area contributed by atoms with Gasteiger partial charge >= 0.3 is 0 Å². The molecule has 13 heteroatoms. The van der Waals surface area contributed by atoms with E-state index in [4.69, 9.17) is 10.5 Å². The second-order valence-electron chi connectivity index (χ2n) is 10.5. The number of nitrogens with zero attached hydrogens (tertiary/aromatic N) is 3. The normalized spacial score (nSPS) is 20.1. The number of piperidine rings is 1. The summed E-state index contributed by atoms with van der Waals surface area (Å²) in [5, 5.41) is 2.63. The van der Waals surface area contributed by atoms with Gasteiger partial charge in [0.25, 0.3) is 5.91 Å². The lowest BCUT2D eigenvalue weighted by Crippen LogP contribution is -2.46. The summed E-state index contributed by atoms with van der Waals surface area (Å²) in [6.45, 7) is 4.30. The first-order valence-corrected chi connectivity index (χ1v) is 13.2. The Kier molecular flexibility index (Phi) is 11.0. The van der Waals surface area contributed by atoms with E-state index < -0.39 is 45.9 Å². The monoisotopic (exact) mass is 629 g/mol. The third-order valence-electron chi connectivity index (χ3n) is 7.54. The highest BCUT2D eigenvalue weighted by atomic mass is 35.5. The minimum atomic E-state index is -1.37. The molecule has 7 nitrogen and oxygen atoms in total. The van der Waals surface area contributed by atoms with Crippen LogP contribution in [0.4, 0.5) is 34.6 Å². The van der Waals surface area contributed by atoms with Crippen LogP contribution < -0.4 is 20.9 Å². The van der Waals surface area contributed by atoms with E-state index in [9.17, 15) is 9.18 Å². The van der Waals surface area contributed by atoms with Crippen LogP contribution >= 0.6 is 24.8 Å². The van der Waals surface area contributed by atoms with Crippen LogP contribution in [0.2, 0.25) is 0 Å². The first-order chi connectivity index (χ1) is 19.2. The number of hydrogen-bond acceptors (Lipinski definition) is 6. The lowest BCUT2D eigenvalue weighted by molar-refractivity contribution is 0.102. The number of rotatable bonds is 6. The molecule has 5 rings (SSSR count). The number of pyridine rings is 1. The topological polar surface area (TPSA) is 83.7 Å². The summed E-state index contributed by atoms with van der Waals surface area (Å²) in [6.07, 6.45) is 4.46. The molecule has 2 aliphatic rings. The van der Waals surface area contributed by atoms with Gasteiger partial charge in [0.2, 0.25) is 0 Å². The van der Waals surface area contributed by atoms with Crippen LogP contribution in [-0.4, -0.2) is 56.3 Å². The van der Waals surface area contributed by atoms with Crippen LogP contribution in [0.3, 0.4) is 0 Å². The van der Waals surface area contributed by atoms with Gasteiger partial charge in [0.05, 0.1) is 40.4 Å². The van der Waals surface area contributed by atoms with Gasteiger partial charge in [-0.25, -0.2) is 17.6 Å². The fraction of sp³-hybridized carbons (Fsp3) is 0.379. The second-order valence-corrected chi connectivity index (χ2v) is 10.5. The number of halogens is 6. The van der Waals surface area contributed by atoms with Gasteiger partial charge in [-0.1, -0.05) is 6.92 Å². The number of ether oxygens (including phenoxy) is 1. The highest BCUT2D eigenvalue weighted by Crippen LogP contribution is 2.36. The molecule has 1 amide bonds. The molecule has 228 valence electrons. The van der Waals surface area contributed by atoms with Gasteiger partial charge in [-0.15, -0.1) is 24.8 Å². The van der Waals surface area contributed by atoms with Crippen molar-refractivity contribution in [1.82, 2.24) is 4.98 Å². The van der Waals surface area contributed by atoms with E-state index in [1.807, 2.05) is 4.90 Å². The van der Waals surface area contributed by atoms with Crippen molar-refractivity contribution in [2.45, 2.75) is 31.9 Å². The number of nitrogens with two attached hydrogens (primary N) is 1. The molecule has 2 saturated heterocycles. The molecule has 2 aliphatic heterocycles. The van der Waals surface area contributed by atoms with Crippen molar-refractivity contribution in [2.75, 3.05) is 48.4 Å². The van der Waals surface area contributed by atoms with E-state index in [2.05, 4.69) is 17.2 Å². The molecule has 3 aromatic rings. The number of amides is 1. The lowest BCUT2D eigenvalue weighted by Gasteiger charge is -2.37. The van der Waals surface area contributed by atoms with Gasteiger partial charge < -0.3 is 25.6 Å². The first-order valence-electron chi connectivity index (χ1n) is 13.2. The smallest absolute Gasteiger partial charge is 0.258 e. The van der Waals surface area contributed by atoms with Crippen molar-refractivity contribution in [3.8, 4) is 11.1 Å². The van der Waals surface area contributed by atoms with Crippen LogP contribution in [0.1, 0.15) is 30.1 Å². The summed E-state index contributed by atoms with van der Waals surface area (Å²) in [5.74, 6) is -5.45. The Labute approximate surface area is 254 Å². The Morgan fingerprint density at radius 2 is 1.71 bits per heavy atom. The van der Waals surface area contributed by atoms with Crippen molar-refractivity contribution in [1.29, 1.82) is 0 Å². The average Bonchev–Trinajstić information content (AvgIpc) is 3.39. The van der Waals surface area contributed by atoms with E-state index in [0.29, 0.717) is 49.9 Å². The van der Waals surface area contributed by atoms with Gasteiger partial charge in [-0.3, -0.25) is 9.78 Å². The summed E-state index contributed by atoms with van der Waals surface area (Å²) >= 11 is 0. The molecular weight excluding hydrogens is 597 g/mol. The van der Waals surface area contributed by atoms with Crippen LogP contribution in [-0.2, 0) is 4.74 Å². The largest absolute Gasteiger partial charge is 0.380 e.